The van der Waals surface area contributed by atoms with E-state index in [-0.39, 0.29) is 5.41 Å². The van der Waals surface area contributed by atoms with Gasteiger partial charge in [-0.15, -0.1) is 11.3 Å². The number of aromatic nitrogens is 1. The van der Waals surface area contributed by atoms with Crippen molar-refractivity contribution in [3.63, 3.8) is 0 Å². The highest BCUT2D eigenvalue weighted by Gasteiger charge is 2.27. The highest BCUT2D eigenvalue weighted by molar-refractivity contribution is 7.12. The van der Waals surface area contributed by atoms with Crippen molar-refractivity contribution >= 4 is 11.3 Å². The minimum atomic E-state index is 0.155. The molecule has 1 aliphatic carbocycles. The first kappa shape index (κ1) is 17.0. The SMILES string of the molecule is Cc1nc(C(C)(C)C)sc1C(C)NC1CCC(C)C(C)C1. The maximum Gasteiger partial charge on any atom is 0.0985 e. The van der Waals surface area contributed by atoms with Crippen LogP contribution in [-0.2, 0) is 5.41 Å². The first-order valence-corrected chi connectivity index (χ1v) is 9.24. The van der Waals surface area contributed by atoms with E-state index in [0.717, 1.165) is 11.8 Å². The van der Waals surface area contributed by atoms with Gasteiger partial charge in [-0.1, -0.05) is 34.6 Å². The fourth-order valence-corrected chi connectivity index (χ4v) is 4.39. The van der Waals surface area contributed by atoms with Gasteiger partial charge in [0.25, 0.3) is 0 Å². The van der Waals surface area contributed by atoms with E-state index in [1.807, 2.05) is 11.3 Å². The zero-order valence-electron chi connectivity index (χ0n) is 14.8. The van der Waals surface area contributed by atoms with Crippen molar-refractivity contribution in [1.82, 2.24) is 10.3 Å². The molecule has 0 bridgehead atoms. The van der Waals surface area contributed by atoms with Gasteiger partial charge in [0.05, 0.1) is 10.7 Å². The number of nitrogens with one attached hydrogen (secondary N) is 1. The summed E-state index contributed by atoms with van der Waals surface area (Å²) in [7, 11) is 0. The van der Waals surface area contributed by atoms with Gasteiger partial charge in [-0.25, -0.2) is 4.98 Å². The second kappa shape index (κ2) is 6.37. The van der Waals surface area contributed by atoms with Gasteiger partial charge in [-0.3, -0.25) is 0 Å². The van der Waals surface area contributed by atoms with Gasteiger partial charge in [-0.2, -0.15) is 0 Å². The van der Waals surface area contributed by atoms with Gasteiger partial charge in [-0.05, 0) is 44.9 Å². The summed E-state index contributed by atoms with van der Waals surface area (Å²) < 4.78 is 0. The summed E-state index contributed by atoms with van der Waals surface area (Å²) in [6, 6.07) is 1.09. The molecular weight excluding hydrogens is 276 g/mol. The number of hydrogen-bond acceptors (Lipinski definition) is 3. The van der Waals surface area contributed by atoms with E-state index in [1.165, 1.54) is 34.8 Å². The Morgan fingerprint density at radius 3 is 2.38 bits per heavy atom. The summed E-state index contributed by atoms with van der Waals surface area (Å²) in [4.78, 5) is 6.22. The molecule has 1 N–H and O–H groups in total. The van der Waals surface area contributed by atoms with Crippen molar-refractivity contribution in [2.75, 3.05) is 0 Å². The van der Waals surface area contributed by atoms with Crippen molar-refractivity contribution in [3.8, 4) is 0 Å². The first-order valence-electron chi connectivity index (χ1n) is 8.42. The summed E-state index contributed by atoms with van der Waals surface area (Å²) >= 11 is 1.89. The molecule has 1 saturated carbocycles. The van der Waals surface area contributed by atoms with Crippen LogP contribution in [0.2, 0.25) is 0 Å². The Morgan fingerprint density at radius 2 is 1.86 bits per heavy atom. The van der Waals surface area contributed by atoms with Gasteiger partial charge in [0.1, 0.15) is 0 Å². The molecule has 0 radical (unpaired) electrons. The molecule has 1 aromatic rings. The Kier molecular flexibility index (Phi) is 5.15. The van der Waals surface area contributed by atoms with Gasteiger partial charge >= 0.3 is 0 Å². The quantitative estimate of drug-likeness (QED) is 0.827. The number of nitrogens with zero attached hydrogens (tertiary/aromatic N) is 1. The third-order valence-electron chi connectivity index (χ3n) is 4.95. The predicted molar refractivity (Wildman–Crippen MR) is 93.1 cm³/mol. The zero-order valence-corrected chi connectivity index (χ0v) is 15.6. The van der Waals surface area contributed by atoms with Crippen molar-refractivity contribution in [1.29, 1.82) is 0 Å². The summed E-state index contributed by atoms with van der Waals surface area (Å²) in [5.41, 5.74) is 1.37. The van der Waals surface area contributed by atoms with E-state index in [0.29, 0.717) is 12.1 Å². The molecule has 4 atom stereocenters. The molecule has 0 aromatic carbocycles. The summed E-state index contributed by atoms with van der Waals surface area (Å²) in [5.74, 6) is 1.73. The lowest BCUT2D eigenvalue weighted by Gasteiger charge is -2.34. The van der Waals surface area contributed by atoms with Crippen LogP contribution in [0.25, 0.3) is 0 Å². The summed E-state index contributed by atoms with van der Waals surface area (Å²) in [5, 5.41) is 5.12. The van der Waals surface area contributed by atoms with Crippen molar-refractivity contribution in [2.45, 2.75) is 85.2 Å². The van der Waals surface area contributed by atoms with E-state index in [9.17, 15) is 0 Å². The van der Waals surface area contributed by atoms with E-state index in [2.05, 4.69) is 53.8 Å². The first-order chi connectivity index (χ1) is 9.68. The summed E-state index contributed by atoms with van der Waals surface area (Å²) in [6.45, 7) is 16.0. The number of hydrogen-bond donors (Lipinski definition) is 1. The Bertz CT molecular complexity index is 472. The minimum absolute atomic E-state index is 0.155. The highest BCUT2D eigenvalue weighted by Crippen LogP contribution is 2.34. The van der Waals surface area contributed by atoms with Gasteiger partial charge < -0.3 is 5.32 Å². The molecule has 4 unspecified atom stereocenters. The molecule has 2 nitrogen and oxygen atoms in total. The Balaban J connectivity index is 2.04. The average molecular weight is 309 g/mol. The van der Waals surface area contributed by atoms with Crippen LogP contribution in [-0.4, -0.2) is 11.0 Å². The molecule has 1 aromatic heterocycles. The van der Waals surface area contributed by atoms with Crippen LogP contribution >= 0.6 is 11.3 Å². The van der Waals surface area contributed by atoms with E-state index in [1.54, 1.807) is 0 Å². The van der Waals surface area contributed by atoms with Crippen LogP contribution in [0.3, 0.4) is 0 Å². The van der Waals surface area contributed by atoms with Crippen LogP contribution in [0.5, 0.6) is 0 Å². The third-order valence-corrected chi connectivity index (χ3v) is 6.72. The maximum absolute atomic E-state index is 4.80. The standard InChI is InChI=1S/C18H32N2S/c1-11-8-9-15(10-12(11)2)19-13(3)16-14(4)20-17(21-16)18(5,6)7/h11-13,15,19H,8-10H2,1-7H3. The van der Waals surface area contributed by atoms with Crippen LogP contribution in [0, 0.1) is 18.8 Å². The molecule has 1 aliphatic rings. The largest absolute Gasteiger partial charge is 0.307 e. The Morgan fingerprint density at radius 1 is 1.19 bits per heavy atom. The fourth-order valence-electron chi connectivity index (χ4n) is 3.26. The molecule has 3 heteroatoms. The second-order valence-electron chi connectivity index (χ2n) is 8.07. The number of thiazole rings is 1. The molecule has 1 fully saturated rings. The normalized spacial score (nSPS) is 28.6. The van der Waals surface area contributed by atoms with Gasteiger partial charge in [0.2, 0.25) is 0 Å². The van der Waals surface area contributed by atoms with Crippen LogP contribution in [0.4, 0.5) is 0 Å². The lowest BCUT2D eigenvalue weighted by molar-refractivity contribution is 0.218. The summed E-state index contributed by atoms with van der Waals surface area (Å²) in [6.07, 6.45) is 4.00. The minimum Gasteiger partial charge on any atom is -0.307 e. The van der Waals surface area contributed by atoms with Gasteiger partial charge in [0.15, 0.2) is 0 Å². The van der Waals surface area contributed by atoms with Crippen molar-refractivity contribution in [3.05, 3.63) is 15.6 Å². The maximum atomic E-state index is 4.80. The Hall–Kier alpha value is -0.410. The highest BCUT2D eigenvalue weighted by atomic mass is 32.1. The molecular formula is C18H32N2S. The predicted octanol–water partition coefficient (Wildman–Crippen LogP) is 5.22. The molecule has 120 valence electrons. The Labute approximate surface area is 134 Å². The fraction of sp³-hybridized carbons (Fsp3) is 0.833. The lowest BCUT2D eigenvalue weighted by Crippen LogP contribution is -2.37. The zero-order chi connectivity index (χ0) is 15.8. The average Bonchev–Trinajstić information content (AvgIpc) is 2.76. The molecule has 0 saturated heterocycles. The van der Waals surface area contributed by atoms with Crippen molar-refractivity contribution in [2.24, 2.45) is 11.8 Å². The van der Waals surface area contributed by atoms with E-state index < -0.39 is 0 Å². The van der Waals surface area contributed by atoms with Crippen LogP contribution in [0.15, 0.2) is 0 Å². The second-order valence-corrected chi connectivity index (χ2v) is 9.10. The number of rotatable bonds is 3. The molecule has 0 amide bonds. The smallest absolute Gasteiger partial charge is 0.0985 e. The third kappa shape index (κ3) is 4.07. The number of aryl methyl sites for hydroxylation is 1. The lowest BCUT2D eigenvalue weighted by atomic mass is 9.79. The topological polar surface area (TPSA) is 24.9 Å². The molecule has 21 heavy (non-hydrogen) atoms. The monoisotopic (exact) mass is 308 g/mol. The van der Waals surface area contributed by atoms with Crippen molar-refractivity contribution < 1.29 is 0 Å². The molecule has 0 spiro atoms. The molecule has 1 heterocycles. The van der Waals surface area contributed by atoms with Crippen LogP contribution < -0.4 is 5.32 Å². The molecule has 2 rings (SSSR count). The van der Waals surface area contributed by atoms with E-state index in [4.69, 9.17) is 4.98 Å². The van der Waals surface area contributed by atoms with Crippen LogP contribution in [0.1, 0.15) is 82.4 Å². The van der Waals surface area contributed by atoms with E-state index >= 15 is 0 Å². The van der Waals surface area contributed by atoms with Gasteiger partial charge in [0, 0.05) is 22.4 Å². The molecule has 0 aliphatic heterocycles.